The first kappa shape index (κ1) is 10.7. The minimum atomic E-state index is -3.77. The Kier molecular flexibility index (Phi) is 2.56. The Labute approximate surface area is 83.2 Å². The Balaban J connectivity index is 2.95. The Bertz CT molecular complexity index is 285. The van der Waals surface area contributed by atoms with E-state index < -0.39 is 21.8 Å². The van der Waals surface area contributed by atoms with Crippen molar-refractivity contribution in [2.45, 2.75) is 5.38 Å². The molecule has 0 bridgehead atoms. The molecule has 2 nitrogen and oxygen atoms in total. The van der Waals surface area contributed by atoms with Crippen LogP contribution in [0.2, 0.25) is 0 Å². The fourth-order valence-electron chi connectivity index (χ4n) is 0.917. The molecule has 0 spiro atoms. The maximum atomic E-state index is 12.7. The van der Waals surface area contributed by atoms with Crippen LogP contribution in [0.5, 0.6) is 0 Å². The van der Waals surface area contributed by atoms with E-state index in [-0.39, 0.29) is 5.75 Å². The molecule has 1 heterocycles. The first-order valence-electron chi connectivity index (χ1n) is 3.33. The second-order valence-electron chi connectivity index (χ2n) is 2.76. The lowest BCUT2D eigenvalue weighted by molar-refractivity contribution is -0.122. The van der Waals surface area contributed by atoms with E-state index in [0.717, 1.165) is 11.8 Å². The summed E-state index contributed by atoms with van der Waals surface area (Å²) >= 11 is 5.64. The lowest BCUT2D eigenvalue weighted by Gasteiger charge is -2.37. The van der Waals surface area contributed by atoms with Crippen LogP contribution in [0.4, 0.5) is 8.78 Å². The van der Waals surface area contributed by atoms with Crippen molar-refractivity contribution >= 4 is 28.5 Å². The zero-order valence-corrected chi connectivity index (χ0v) is 7.96. The van der Waals surface area contributed by atoms with Crippen LogP contribution in [0, 0.1) is 29.6 Å². The molecule has 0 aliphatic carbocycles. The van der Waals surface area contributed by atoms with Gasteiger partial charge in [0.2, 0.25) is 0 Å². The number of nitriles is 1. The minimum Gasteiger partial charge on any atom is -0.287 e. The minimum absolute atomic E-state index is 0.179. The van der Waals surface area contributed by atoms with Crippen molar-refractivity contribution in [2.24, 2.45) is 11.3 Å². The Morgan fingerprint density at radius 3 is 2.38 bits per heavy atom. The Morgan fingerprint density at radius 2 is 2.31 bits per heavy atom. The van der Waals surface area contributed by atoms with E-state index in [1.807, 2.05) is 0 Å². The number of hydrogen-bond donors (Lipinski definition) is 0. The van der Waals surface area contributed by atoms with Gasteiger partial charge in [-0.3, -0.25) is 4.79 Å². The van der Waals surface area contributed by atoms with E-state index in [1.54, 1.807) is 0 Å². The van der Waals surface area contributed by atoms with Gasteiger partial charge in [-0.1, -0.05) is 11.8 Å². The maximum Gasteiger partial charge on any atom is 0.340 e. The molecule has 1 radical (unpaired) electrons. The topological polar surface area (TPSA) is 40.9 Å². The van der Waals surface area contributed by atoms with E-state index in [1.165, 1.54) is 6.07 Å². The molecule has 0 aromatic rings. The summed E-state index contributed by atoms with van der Waals surface area (Å²) in [5.41, 5.74) is -2.34. The highest BCUT2D eigenvalue weighted by Gasteiger charge is 2.59. The number of alkyl halides is 3. The van der Waals surface area contributed by atoms with Crippen molar-refractivity contribution < 1.29 is 13.6 Å². The molecule has 0 saturated carbocycles. The van der Waals surface area contributed by atoms with Crippen molar-refractivity contribution in [2.75, 3.05) is 5.75 Å². The van der Waals surface area contributed by atoms with E-state index >= 15 is 0 Å². The van der Waals surface area contributed by atoms with Crippen LogP contribution < -0.4 is 0 Å². The SMILES string of the molecule is [CH2]C(C#N)(C1CSC1=O)C(F)(F)Cl. The third-order valence-corrected chi connectivity index (χ3v) is 3.38. The normalized spacial score (nSPS) is 27.3. The lowest BCUT2D eigenvalue weighted by atomic mass is 9.79. The number of rotatable bonds is 2. The molecule has 2 unspecified atom stereocenters. The van der Waals surface area contributed by atoms with E-state index in [0.29, 0.717) is 0 Å². The van der Waals surface area contributed by atoms with Crippen LogP contribution in [0.15, 0.2) is 0 Å². The molecular weight excluding hydrogens is 220 g/mol. The molecule has 6 heteroatoms. The van der Waals surface area contributed by atoms with Gasteiger partial charge in [0, 0.05) is 5.75 Å². The summed E-state index contributed by atoms with van der Waals surface area (Å²) in [6.07, 6.45) is 0. The molecule has 13 heavy (non-hydrogen) atoms. The maximum absolute atomic E-state index is 12.7. The predicted molar refractivity (Wildman–Crippen MR) is 45.2 cm³/mol. The van der Waals surface area contributed by atoms with Crippen LogP contribution >= 0.6 is 23.4 Å². The van der Waals surface area contributed by atoms with Crippen LogP contribution in [0.1, 0.15) is 0 Å². The highest BCUT2D eigenvalue weighted by molar-refractivity contribution is 8.15. The molecule has 0 aromatic heterocycles. The van der Waals surface area contributed by atoms with Crippen LogP contribution in [0.3, 0.4) is 0 Å². The number of hydrogen-bond acceptors (Lipinski definition) is 3. The van der Waals surface area contributed by atoms with Gasteiger partial charge in [-0.25, -0.2) is 0 Å². The van der Waals surface area contributed by atoms with Crippen LogP contribution in [-0.4, -0.2) is 16.2 Å². The van der Waals surface area contributed by atoms with Crippen molar-refractivity contribution in [1.29, 1.82) is 5.26 Å². The van der Waals surface area contributed by atoms with Crippen molar-refractivity contribution in [1.82, 2.24) is 0 Å². The fraction of sp³-hybridized carbons (Fsp3) is 0.571. The molecule has 1 aliphatic heterocycles. The molecule has 1 rings (SSSR count). The summed E-state index contributed by atoms with van der Waals surface area (Å²) in [7, 11) is 0. The fourth-order valence-corrected chi connectivity index (χ4v) is 2.05. The van der Waals surface area contributed by atoms with Gasteiger partial charge < -0.3 is 0 Å². The van der Waals surface area contributed by atoms with Gasteiger partial charge in [0.15, 0.2) is 5.12 Å². The second-order valence-corrected chi connectivity index (χ2v) is 4.26. The lowest BCUT2D eigenvalue weighted by Crippen LogP contribution is -2.48. The quantitative estimate of drug-likeness (QED) is 0.674. The zero-order valence-electron chi connectivity index (χ0n) is 6.39. The van der Waals surface area contributed by atoms with E-state index in [4.69, 9.17) is 16.9 Å². The third-order valence-electron chi connectivity index (χ3n) is 1.98. The number of carbonyl (C=O) groups excluding carboxylic acids is 1. The molecule has 1 saturated heterocycles. The monoisotopic (exact) mass is 224 g/mol. The summed E-state index contributed by atoms with van der Waals surface area (Å²) in [4.78, 5) is 10.9. The van der Waals surface area contributed by atoms with Crippen LogP contribution in [-0.2, 0) is 4.79 Å². The number of halogens is 3. The summed E-state index contributed by atoms with van der Waals surface area (Å²) in [6.45, 7) is 3.05. The van der Waals surface area contributed by atoms with Gasteiger partial charge >= 0.3 is 5.38 Å². The molecule has 0 amide bonds. The molecule has 0 N–H and O–H groups in total. The zero-order chi connectivity index (χ0) is 10.3. The van der Waals surface area contributed by atoms with Gasteiger partial charge in [0.05, 0.1) is 12.0 Å². The molecule has 2 atom stereocenters. The van der Waals surface area contributed by atoms with E-state index in [2.05, 4.69) is 6.92 Å². The Hall–Kier alpha value is -0.340. The average Bonchev–Trinajstić information content (AvgIpc) is 1.99. The van der Waals surface area contributed by atoms with Gasteiger partial charge in [-0.2, -0.15) is 14.0 Å². The number of thioether (sulfide) groups is 1. The van der Waals surface area contributed by atoms with Crippen LogP contribution in [0.25, 0.3) is 0 Å². The van der Waals surface area contributed by atoms with Crippen molar-refractivity contribution in [3.8, 4) is 6.07 Å². The highest BCUT2D eigenvalue weighted by Crippen LogP contribution is 2.51. The van der Waals surface area contributed by atoms with Gasteiger partial charge in [-0.05, 0) is 18.5 Å². The van der Waals surface area contributed by atoms with Gasteiger partial charge in [0.25, 0.3) is 0 Å². The van der Waals surface area contributed by atoms with Gasteiger partial charge in [-0.15, -0.1) is 0 Å². The predicted octanol–water partition coefficient (Wildman–Crippen LogP) is 2.05. The summed E-state index contributed by atoms with van der Waals surface area (Å²) in [6, 6.07) is 1.32. The standard InChI is InChI=1S/C7H5ClF2NOS/c1-6(3-11,7(8,9)10)4-2-13-5(4)12/h4H,1-2H2. The number of carbonyl (C=O) groups is 1. The Morgan fingerprint density at radius 1 is 1.77 bits per heavy atom. The molecule has 1 aliphatic rings. The molecular formula is C7H5ClF2NOS. The number of nitrogens with zero attached hydrogens (tertiary/aromatic N) is 1. The van der Waals surface area contributed by atoms with Crippen molar-refractivity contribution in [3.05, 3.63) is 6.92 Å². The summed E-state index contributed by atoms with van der Waals surface area (Å²) in [5, 5.41) is 4.31. The summed E-state index contributed by atoms with van der Waals surface area (Å²) in [5.74, 6) is -0.881. The largest absolute Gasteiger partial charge is 0.340 e. The summed E-state index contributed by atoms with van der Waals surface area (Å²) < 4.78 is 25.5. The molecule has 1 fully saturated rings. The second kappa shape index (κ2) is 3.10. The van der Waals surface area contributed by atoms with Crippen molar-refractivity contribution in [3.63, 3.8) is 0 Å². The third kappa shape index (κ3) is 1.53. The van der Waals surface area contributed by atoms with E-state index in [9.17, 15) is 13.6 Å². The first-order valence-corrected chi connectivity index (χ1v) is 4.69. The smallest absolute Gasteiger partial charge is 0.287 e. The molecule has 71 valence electrons. The molecule has 0 aromatic carbocycles. The van der Waals surface area contributed by atoms with Gasteiger partial charge in [0.1, 0.15) is 5.41 Å². The average molecular weight is 225 g/mol. The first-order chi connectivity index (χ1) is 5.83. The highest BCUT2D eigenvalue weighted by atomic mass is 35.5.